The topological polar surface area (TPSA) is 20.2 Å². The van der Waals surface area contributed by atoms with E-state index >= 15 is 0 Å². The summed E-state index contributed by atoms with van der Waals surface area (Å²) >= 11 is 0. The summed E-state index contributed by atoms with van der Waals surface area (Å²) in [4.78, 5) is 0. The van der Waals surface area contributed by atoms with Crippen molar-refractivity contribution in [3.63, 3.8) is 0 Å². The van der Waals surface area contributed by atoms with Crippen molar-refractivity contribution in [2.75, 3.05) is 0 Å². The van der Waals surface area contributed by atoms with Crippen LogP contribution in [0.15, 0.2) is 55.1 Å². The highest BCUT2D eigenvalue weighted by Crippen LogP contribution is 2.34. The number of hydrogen-bond acceptors (Lipinski definition) is 1. The van der Waals surface area contributed by atoms with Crippen LogP contribution in [0.25, 0.3) is 0 Å². The van der Waals surface area contributed by atoms with Gasteiger partial charge in [0.1, 0.15) is 6.10 Å². The molecule has 1 aliphatic carbocycles. The van der Waals surface area contributed by atoms with E-state index in [-0.39, 0.29) is 0 Å². The van der Waals surface area contributed by atoms with E-state index in [4.69, 9.17) is 0 Å². The summed E-state index contributed by atoms with van der Waals surface area (Å²) in [5, 5.41) is 10.8. The van der Waals surface area contributed by atoms with Crippen LogP contribution in [0.4, 0.5) is 0 Å². The third-order valence-corrected chi connectivity index (χ3v) is 3.94. The monoisotopic (exact) mass is 250 g/mol. The molecule has 1 heteroatoms. The SMILES string of the molecule is C=CCc1cccc2c1C(O)c1ccccc1CC2. The zero-order valence-electron chi connectivity index (χ0n) is 11.0. The molecule has 1 nitrogen and oxygen atoms in total. The quantitative estimate of drug-likeness (QED) is 0.807. The molecule has 1 aliphatic rings. The van der Waals surface area contributed by atoms with Gasteiger partial charge in [-0.25, -0.2) is 0 Å². The lowest BCUT2D eigenvalue weighted by atomic mass is 9.91. The fourth-order valence-electron chi connectivity index (χ4n) is 3.02. The summed E-state index contributed by atoms with van der Waals surface area (Å²) in [6, 6.07) is 14.5. The molecule has 0 fully saturated rings. The number of aliphatic hydroxyl groups is 1. The number of fused-ring (bicyclic) bond motifs is 2. The first kappa shape index (κ1) is 12.2. The average molecular weight is 250 g/mol. The number of benzene rings is 2. The zero-order chi connectivity index (χ0) is 13.2. The molecule has 3 rings (SSSR count). The number of aliphatic hydroxyl groups excluding tert-OH is 1. The molecule has 96 valence electrons. The highest BCUT2D eigenvalue weighted by Gasteiger charge is 2.23. The fourth-order valence-corrected chi connectivity index (χ4v) is 3.02. The molecule has 0 aliphatic heterocycles. The molecule has 0 saturated heterocycles. The first-order valence-corrected chi connectivity index (χ1v) is 6.78. The van der Waals surface area contributed by atoms with E-state index in [1.807, 2.05) is 24.3 Å². The minimum Gasteiger partial charge on any atom is -0.384 e. The predicted molar refractivity (Wildman–Crippen MR) is 78.3 cm³/mol. The normalized spacial score (nSPS) is 17.2. The molecule has 0 amide bonds. The van der Waals surface area contributed by atoms with Gasteiger partial charge in [0.2, 0.25) is 0 Å². The van der Waals surface area contributed by atoms with Crippen LogP contribution < -0.4 is 0 Å². The van der Waals surface area contributed by atoms with Crippen LogP contribution in [-0.4, -0.2) is 5.11 Å². The summed E-state index contributed by atoms with van der Waals surface area (Å²) in [6.07, 6.45) is 4.19. The Morgan fingerprint density at radius 3 is 2.63 bits per heavy atom. The van der Waals surface area contributed by atoms with Gasteiger partial charge in [-0.3, -0.25) is 0 Å². The molecule has 0 aromatic heterocycles. The fraction of sp³-hybridized carbons (Fsp3) is 0.222. The Morgan fingerprint density at radius 2 is 1.79 bits per heavy atom. The minimum absolute atomic E-state index is 0.509. The molecule has 1 N–H and O–H groups in total. The van der Waals surface area contributed by atoms with Crippen LogP contribution >= 0.6 is 0 Å². The van der Waals surface area contributed by atoms with Crippen LogP contribution in [0.3, 0.4) is 0 Å². The van der Waals surface area contributed by atoms with E-state index in [1.54, 1.807) is 0 Å². The molecular weight excluding hydrogens is 232 g/mol. The van der Waals surface area contributed by atoms with Gasteiger partial charge in [0.25, 0.3) is 0 Å². The second-order valence-corrected chi connectivity index (χ2v) is 5.08. The Morgan fingerprint density at radius 1 is 1.05 bits per heavy atom. The molecule has 1 unspecified atom stereocenters. The molecule has 0 spiro atoms. The van der Waals surface area contributed by atoms with Gasteiger partial charge in [-0.15, -0.1) is 6.58 Å². The molecule has 0 bridgehead atoms. The standard InChI is InChI=1S/C18H18O/c1-2-6-14-8-5-9-15-12-11-13-7-3-4-10-16(13)18(19)17(14)15/h2-5,7-10,18-19H,1,6,11-12H2. The summed E-state index contributed by atoms with van der Waals surface area (Å²) in [5.74, 6) is 0. The minimum atomic E-state index is -0.509. The van der Waals surface area contributed by atoms with Crippen LogP contribution in [0.2, 0.25) is 0 Å². The molecule has 2 aromatic carbocycles. The van der Waals surface area contributed by atoms with Crippen molar-refractivity contribution in [3.8, 4) is 0 Å². The molecule has 2 aromatic rings. The zero-order valence-corrected chi connectivity index (χ0v) is 11.0. The molecule has 0 saturated carbocycles. The Labute approximate surface area is 114 Å². The summed E-state index contributed by atoms with van der Waals surface area (Å²) in [6.45, 7) is 3.82. The van der Waals surface area contributed by atoms with E-state index < -0.39 is 6.10 Å². The third-order valence-electron chi connectivity index (χ3n) is 3.94. The van der Waals surface area contributed by atoms with Crippen molar-refractivity contribution in [2.24, 2.45) is 0 Å². The van der Waals surface area contributed by atoms with Gasteiger partial charge >= 0.3 is 0 Å². The van der Waals surface area contributed by atoms with Crippen LogP contribution in [0, 0.1) is 0 Å². The van der Waals surface area contributed by atoms with Gasteiger partial charge in [0.05, 0.1) is 0 Å². The van der Waals surface area contributed by atoms with E-state index in [1.165, 1.54) is 16.7 Å². The van der Waals surface area contributed by atoms with Gasteiger partial charge in [-0.1, -0.05) is 48.5 Å². The lowest BCUT2D eigenvalue weighted by Crippen LogP contribution is -2.06. The summed E-state index contributed by atoms with van der Waals surface area (Å²) < 4.78 is 0. The van der Waals surface area contributed by atoms with E-state index in [0.717, 1.165) is 30.4 Å². The van der Waals surface area contributed by atoms with E-state index in [2.05, 4.69) is 30.8 Å². The van der Waals surface area contributed by atoms with Crippen molar-refractivity contribution < 1.29 is 5.11 Å². The molecule has 19 heavy (non-hydrogen) atoms. The first-order chi connectivity index (χ1) is 9.31. The number of allylic oxidation sites excluding steroid dienone is 1. The first-order valence-electron chi connectivity index (χ1n) is 6.78. The maximum atomic E-state index is 10.8. The number of hydrogen-bond donors (Lipinski definition) is 1. The Kier molecular flexibility index (Phi) is 3.22. The van der Waals surface area contributed by atoms with E-state index in [0.29, 0.717) is 0 Å². The van der Waals surface area contributed by atoms with Crippen molar-refractivity contribution in [2.45, 2.75) is 25.4 Å². The van der Waals surface area contributed by atoms with Gasteiger partial charge in [0, 0.05) is 0 Å². The maximum absolute atomic E-state index is 10.8. The highest BCUT2D eigenvalue weighted by atomic mass is 16.3. The van der Waals surface area contributed by atoms with Gasteiger partial charge in [-0.05, 0) is 47.1 Å². The number of aryl methyl sites for hydroxylation is 2. The smallest absolute Gasteiger partial charge is 0.105 e. The highest BCUT2D eigenvalue weighted by molar-refractivity contribution is 5.47. The predicted octanol–water partition coefficient (Wildman–Crippen LogP) is 3.60. The van der Waals surface area contributed by atoms with Crippen molar-refractivity contribution in [1.82, 2.24) is 0 Å². The van der Waals surface area contributed by atoms with Crippen molar-refractivity contribution in [1.29, 1.82) is 0 Å². The number of rotatable bonds is 2. The second kappa shape index (κ2) is 5.02. The Hall–Kier alpha value is -1.86. The lowest BCUT2D eigenvalue weighted by molar-refractivity contribution is 0.218. The largest absolute Gasteiger partial charge is 0.384 e. The molecular formula is C18H18O. The summed E-state index contributed by atoms with van der Waals surface area (Å²) in [5.41, 5.74) is 5.86. The van der Waals surface area contributed by atoms with Gasteiger partial charge in [-0.2, -0.15) is 0 Å². The average Bonchev–Trinajstić information content (AvgIpc) is 2.58. The van der Waals surface area contributed by atoms with Crippen LogP contribution in [-0.2, 0) is 19.3 Å². The third kappa shape index (κ3) is 2.11. The van der Waals surface area contributed by atoms with Gasteiger partial charge in [0.15, 0.2) is 0 Å². The second-order valence-electron chi connectivity index (χ2n) is 5.08. The van der Waals surface area contributed by atoms with Crippen molar-refractivity contribution in [3.05, 3.63) is 82.9 Å². The molecule has 0 heterocycles. The van der Waals surface area contributed by atoms with E-state index in [9.17, 15) is 5.11 Å². The van der Waals surface area contributed by atoms with Crippen LogP contribution in [0.5, 0.6) is 0 Å². The maximum Gasteiger partial charge on any atom is 0.105 e. The van der Waals surface area contributed by atoms with Gasteiger partial charge < -0.3 is 5.11 Å². The Bertz CT molecular complexity index is 613. The Balaban J connectivity index is 2.18. The summed E-state index contributed by atoms with van der Waals surface area (Å²) in [7, 11) is 0. The van der Waals surface area contributed by atoms with Crippen LogP contribution in [0.1, 0.15) is 33.9 Å². The molecule has 0 radical (unpaired) electrons. The lowest BCUT2D eigenvalue weighted by Gasteiger charge is -2.18. The molecule has 1 atom stereocenters. The van der Waals surface area contributed by atoms with Crippen molar-refractivity contribution >= 4 is 0 Å².